The maximum Gasteiger partial charge on any atom is 0.114 e. The van der Waals surface area contributed by atoms with Crippen LogP contribution in [0.25, 0.3) is 0 Å². The van der Waals surface area contributed by atoms with Crippen molar-refractivity contribution in [3.63, 3.8) is 0 Å². The summed E-state index contributed by atoms with van der Waals surface area (Å²) in [6, 6.07) is 10.4. The number of nitrogens with two attached hydrogens (primary N) is 1. The number of aromatic nitrogens is 2. The fourth-order valence-corrected chi connectivity index (χ4v) is 2.07. The zero-order chi connectivity index (χ0) is 13.2. The van der Waals surface area contributed by atoms with Crippen molar-refractivity contribution in [2.45, 2.75) is 39.3 Å². The highest BCUT2D eigenvalue weighted by Gasteiger charge is 2.21. The first-order valence-corrected chi connectivity index (χ1v) is 6.31. The number of rotatable bonds is 3. The van der Waals surface area contributed by atoms with Gasteiger partial charge in [-0.25, -0.2) is 4.98 Å². The third-order valence-electron chi connectivity index (χ3n) is 2.90. The van der Waals surface area contributed by atoms with Gasteiger partial charge in [0.25, 0.3) is 0 Å². The largest absolute Gasteiger partial charge is 0.330 e. The Morgan fingerprint density at radius 2 is 1.83 bits per heavy atom. The molecule has 2 N–H and O–H groups in total. The van der Waals surface area contributed by atoms with Gasteiger partial charge in [-0.2, -0.15) is 0 Å². The van der Waals surface area contributed by atoms with Crippen molar-refractivity contribution < 1.29 is 0 Å². The van der Waals surface area contributed by atoms with Crippen molar-refractivity contribution in [3.8, 4) is 0 Å². The molecular weight excluding hydrogens is 222 g/mol. The van der Waals surface area contributed by atoms with E-state index in [2.05, 4.69) is 60.8 Å². The van der Waals surface area contributed by atoms with Crippen LogP contribution in [0, 0.1) is 0 Å². The first-order chi connectivity index (χ1) is 8.50. The molecule has 2 aromatic rings. The van der Waals surface area contributed by atoms with E-state index in [1.54, 1.807) is 0 Å². The smallest absolute Gasteiger partial charge is 0.114 e. The predicted octanol–water partition coefficient (Wildman–Crippen LogP) is 2.69. The Bertz CT molecular complexity index is 506. The molecule has 0 fully saturated rings. The van der Waals surface area contributed by atoms with Crippen molar-refractivity contribution in [2.75, 3.05) is 0 Å². The number of imidazole rings is 1. The summed E-state index contributed by atoms with van der Waals surface area (Å²) in [4.78, 5) is 4.63. The first-order valence-electron chi connectivity index (χ1n) is 6.31. The van der Waals surface area contributed by atoms with Gasteiger partial charge >= 0.3 is 0 Å². The number of benzene rings is 1. The second-order valence-corrected chi connectivity index (χ2v) is 5.62. The van der Waals surface area contributed by atoms with Crippen LogP contribution in [0.3, 0.4) is 0 Å². The summed E-state index contributed by atoms with van der Waals surface area (Å²) in [5.41, 5.74) is 7.96. The SMILES string of the molecule is CC(C)(C)c1nc(CN)cn1Cc1ccccc1. The fourth-order valence-electron chi connectivity index (χ4n) is 2.07. The molecule has 0 bridgehead atoms. The zero-order valence-electron chi connectivity index (χ0n) is 11.4. The normalized spacial score (nSPS) is 11.8. The van der Waals surface area contributed by atoms with Crippen LogP contribution in [-0.4, -0.2) is 9.55 Å². The Morgan fingerprint density at radius 3 is 2.39 bits per heavy atom. The molecule has 2 rings (SSSR count). The maximum absolute atomic E-state index is 5.69. The highest BCUT2D eigenvalue weighted by atomic mass is 15.1. The maximum atomic E-state index is 5.69. The lowest BCUT2D eigenvalue weighted by molar-refractivity contribution is 0.511. The van der Waals surface area contributed by atoms with Gasteiger partial charge in [0.1, 0.15) is 5.82 Å². The van der Waals surface area contributed by atoms with E-state index in [0.717, 1.165) is 18.1 Å². The summed E-state index contributed by atoms with van der Waals surface area (Å²) in [6.07, 6.45) is 2.06. The topological polar surface area (TPSA) is 43.8 Å². The van der Waals surface area contributed by atoms with Gasteiger partial charge in [-0.1, -0.05) is 51.1 Å². The van der Waals surface area contributed by atoms with Crippen LogP contribution in [0.1, 0.15) is 37.9 Å². The molecule has 0 aliphatic rings. The molecule has 1 heterocycles. The van der Waals surface area contributed by atoms with Crippen LogP contribution >= 0.6 is 0 Å². The minimum absolute atomic E-state index is 0.0300. The van der Waals surface area contributed by atoms with Gasteiger partial charge in [0.05, 0.1) is 5.69 Å². The number of hydrogen-bond donors (Lipinski definition) is 1. The van der Waals surface area contributed by atoms with E-state index in [1.165, 1.54) is 5.56 Å². The van der Waals surface area contributed by atoms with Crippen molar-refractivity contribution in [3.05, 3.63) is 53.6 Å². The molecule has 18 heavy (non-hydrogen) atoms. The Labute approximate surface area is 109 Å². The van der Waals surface area contributed by atoms with Gasteiger partial charge in [0.2, 0.25) is 0 Å². The molecule has 0 radical (unpaired) electrons. The number of nitrogens with zero attached hydrogens (tertiary/aromatic N) is 2. The summed E-state index contributed by atoms with van der Waals surface area (Å²) in [5, 5.41) is 0. The van der Waals surface area contributed by atoms with Crippen LogP contribution in [0.4, 0.5) is 0 Å². The Balaban J connectivity index is 2.35. The molecule has 1 aromatic heterocycles. The molecule has 1 aromatic carbocycles. The molecule has 0 saturated carbocycles. The minimum atomic E-state index is 0.0300. The van der Waals surface area contributed by atoms with Gasteiger partial charge in [0.15, 0.2) is 0 Å². The lowest BCUT2D eigenvalue weighted by Gasteiger charge is -2.19. The van der Waals surface area contributed by atoms with E-state index in [9.17, 15) is 0 Å². The predicted molar refractivity (Wildman–Crippen MR) is 74.4 cm³/mol. The van der Waals surface area contributed by atoms with E-state index >= 15 is 0 Å². The average molecular weight is 243 g/mol. The minimum Gasteiger partial charge on any atom is -0.330 e. The highest BCUT2D eigenvalue weighted by molar-refractivity contribution is 5.18. The van der Waals surface area contributed by atoms with Crippen LogP contribution in [0.15, 0.2) is 36.5 Å². The molecule has 0 aliphatic carbocycles. The molecule has 0 saturated heterocycles. The molecular formula is C15H21N3. The number of hydrogen-bond acceptors (Lipinski definition) is 2. The monoisotopic (exact) mass is 243 g/mol. The van der Waals surface area contributed by atoms with Gasteiger partial charge in [-0.05, 0) is 5.56 Å². The summed E-state index contributed by atoms with van der Waals surface area (Å²) in [7, 11) is 0. The van der Waals surface area contributed by atoms with Gasteiger partial charge in [-0.3, -0.25) is 0 Å². The third-order valence-corrected chi connectivity index (χ3v) is 2.90. The van der Waals surface area contributed by atoms with Crippen molar-refractivity contribution in [1.82, 2.24) is 9.55 Å². The van der Waals surface area contributed by atoms with E-state index in [-0.39, 0.29) is 5.41 Å². The molecule has 96 valence electrons. The summed E-state index contributed by atoms with van der Waals surface area (Å²) in [6.45, 7) is 7.87. The van der Waals surface area contributed by atoms with Crippen LogP contribution in [0.5, 0.6) is 0 Å². The summed E-state index contributed by atoms with van der Waals surface area (Å²) in [5.74, 6) is 1.09. The van der Waals surface area contributed by atoms with E-state index in [0.29, 0.717) is 6.54 Å². The molecule has 0 aliphatic heterocycles. The van der Waals surface area contributed by atoms with E-state index in [1.807, 2.05) is 6.07 Å². The van der Waals surface area contributed by atoms with Crippen molar-refractivity contribution in [1.29, 1.82) is 0 Å². The fraction of sp³-hybridized carbons (Fsp3) is 0.400. The average Bonchev–Trinajstić information content (AvgIpc) is 2.73. The van der Waals surface area contributed by atoms with Gasteiger partial charge < -0.3 is 10.3 Å². The van der Waals surface area contributed by atoms with Crippen LogP contribution < -0.4 is 5.73 Å². The molecule has 3 heteroatoms. The lowest BCUT2D eigenvalue weighted by atomic mass is 9.95. The Morgan fingerprint density at radius 1 is 1.17 bits per heavy atom. The first kappa shape index (κ1) is 12.8. The van der Waals surface area contributed by atoms with Gasteiger partial charge in [0, 0.05) is 24.7 Å². The Hall–Kier alpha value is -1.61. The van der Waals surface area contributed by atoms with E-state index in [4.69, 9.17) is 5.73 Å². The summed E-state index contributed by atoms with van der Waals surface area (Å²) < 4.78 is 2.21. The highest BCUT2D eigenvalue weighted by Crippen LogP contribution is 2.22. The Kier molecular flexibility index (Phi) is 3.53. The zero-order valence-corrected chi connectivity index (χ0v) is 11.4. The molecule has 0 unspecified atom stereocenters. The second kappa shape index (κ2) is 4.94. The standard InChI is InChI=1S/C15H21N3/c1-15(2,3)14-17-13(9-16)11-18(14)10-12-7-5-4-6-8-12/h4-8,11H,9-10,16H2,1-3H3. The molecule has 3 nitrogen and oxygen atoms in total. The van der Waals surface area contributed by atoms with Crippen molar-refractivity contribution >= 4 is 0 Å². The lowest BCUT2D eigenvalue weighted by Crippen LogP contribution is -2.19. The van der Waals surface area contributed by atoms with Crippen LogP contribution in [-0.2, 0) is 18.5 Å². The summed E-state index contributed by atoms with van der Waals surface area (Å²) >= 11 is 0. The van der Waals surface area contributed by atoms with Crippen LogP contribution in [0.2, 0.25) is 0 Å². The van der Waals surface area contributed by atoms with E-state index < -0.39 is 0 Å². The molecule has 0 amide bonds. The third kappa shape index (κ3) is 2.79. The van der Waals surface area contributed by atoms with Gasteiger partial charge in [-0.15, -0.1) is 0 Å². The molecule has 0 spiro atoms. The second-order valence-electron chi connectivity index (χ2n) is 5.62. The quantitative estimate of drug-likeness (QED) is 0.900. The molecule has 0 atom stereocenters. The van der Waals surface area contributed by atoms with Crippen molar-refractivity contribution in [2.24, 2.45) is 5.73 Å².